The highest BCUT2D eigenvalue weighted by molar-refractivity contribution is 5.30. The Morgan fingerprint density at radius 3 is 2.83 bits per heavy atom. The van der Waals surface area contributed by atoms with Crippen LogP contribution in [0.25, 0.3) is 0 Å². The van der Waals surface area contributed by atoms with Gasteiger partial charge in [0.15, 0.2) is 0 Å². The second-order valence-electron chi connectivity index (χ2n) is 6.39. The molecule has 3 N–H and O–H groups in total. The summed E-state index contributed by atoms with van der Waals surface area (Å²) in [4.78, 5) is 0. The number of ether oxygens (including phenoxy) is 2. The zero-order chi connectivity index (χ0) is 17.0. The summed E-state index contributed by atoms with van der Waals surface area (Å²) in [6.45, 7) is 4.45. The molecular weight excluding hydrogens is 302 g/mol. The molecule has 2 rings (SSSR count). The van der Waals surface area contributed by atoms with Crippen LogP contribution in [0.3, 0.4) is 0 Å². The van der Waals surface area contributed by atoms with Crippen molar-refractivity contribution in [2.45, 2.75) is 57.6 Å². The Morgan fingerprint density at radius 1 is 1.25 bits per heavy atom. The molecule has 5 heteroatoms. The normalized spacial score (nSPS) is 16.4. The van der Waals surface area contributed by atoms with E-state index in [9.17, 15) is 0 Å². The highest BCUT2D eigenvalue weighted by Gasteiger charge is 2.17. The van der Waals surface area contributed by atoms with Gasteiger partial charge in [-0.05, 0) is 63.3 Å². The second-order valence-corrected chi connectivity index (χ2v) is 6.39. The van der Waals surface area contributed by atoms with Crippen LogP contribution < -0.4 is 20.9 Å². The number of hydrogen-bond acceptors (Lipinski definition) is 5. The quantitative estimate of drug-likeness (QED) is 0.311. The van der Waals surface area contributed by atoms with Crippen LogP contribution in [-0.2, 0) is 4.74 Å². The molecule has 1 aliphatic carbocycles. The molecule has 1 atom stereocenters. The van der Waals surface area contributed by atoms with Crippen LogP contribution in [0.4, 0.5) is 0 Å². The lowest BCUT2D eigenvalue weighted by Gasteiger charge is -2.20. The third-order valence-electron chi connectivity index (χ3n) is 4.39. The van der Waals surface area contributed by atoms with Crippen LogP contribution in [-0.4, -0.2) is 33.0 Å². The van der Waals surface area contributed by atoms with E-state index in [0.717, 1.165) is 31.7 Å². The van der Waals surface area contributed by atoms with Gasteiger partial charge in [0.25, 0.3) is 0 Å². The highest BCUT2D eigenvalue weighted by atomic mass is 16.5. The van der Waals surface area contributed by atoms with E-state index < -0.39 is 0 Å². The summed E-state index contributed by atoms with van der Waals surface area (Å²) in [5, 5.41) is 2.97. The number of hydrazine groups is 1. The molecule has 1 aromatic rings. The summed E-state index contributed by atoms with van der Waals surface area (Å²) < 4.78 is 11.5. The topological polar surface area (TPSA) is 54.5 Å². The smallest absolute Gasteiger partial charge is 0.120 e. The van der Waals surface area contributed by atoms with Crippen LogP contribution in [0.5, 0.6) is 5.75 Å². The minimum Gasteiger partial charge on any atom is -0.490 e. The van der Waals surface area contributed by atoms with E-state index in [2.05, 4.69) is 47.4 Å². The average molecular weight is 335 g/mol. The molecule has 5 nitrogen and oxygen atoms in total. The van der Waals surface area contributed by atoms with Gasteiger partial charge in [-0.3, -0.25) is 16.2 Å². The van der Waals surface area contributed by atoms with Gasteiger partial charge < -0.3 is 9.47 Å². The van der Waals surface area contributed by atoms with E-state index >= 15 is 0 Å². The fourth-order valence-corrected chi connectivity index (χ4v) is 3.06. The van der Waals surface area contributed by atoms with Crippen molar-refractivity contribution in [1.82, 2.24) is 16.2 Å². The zero-order valence-electron chi connectivity index (χ0n) is 15.1. The summed E-state index contributed by atoms with van der Waals surface area (Å²) in [5.41, 5.74) is 8.00. The van der Waals surface area contributed by atoms with Crippen LogP contribution >= 0.6 is 0 Å². The SMILES string of the molecule is CCC(NNCCCOCNC)c1cccc(OC2CCCC2)c1. The first kappa shape index (κ1) is 19.2. The van der Waals surface area contributed by atoms with Crippen molar-refractivity contribution >= 4 is 0 Å². The molecule has 0 saturated heterocycles. The van der Waals surface area contributed by atoms with Gasteiger partial charge in [0.1, 0.15) is 5.75 Å². The molecule has 0 aliphatic heterocycles. The maximum Gasteiger partial charge on any atom is 0.120 e. The van der Waals surface area contributed by atoms with Gasteiger partial charge in [0.05, 0.1) is 12.8 Å². The van der Waals surface area contributed by atoms with E-state index in [0.29, 0.717) is 12.8 Å². The van der Waals surface area contributed by atoms with Gasteiger partial charge in [-0.1, -0.05) is 19.1 Å². The summed E-state index contributed by atoms with van der Waals surface area (Å²) in [6, 6.07) is 8.80. The molecule has 136 valence electrons. The number of rotatable bonds is 12. The lowest BCUT2D eigenvalue weighted by atomic mass is 10.1. The molecule has 24 heavy (non-hydrogen) atoms. The summed E-state index contributed by atoms with van der Waals surface area (Å²) in [6.07, 6.45) is 7.39. The summed E-state index contributed by atoms with van der Waals surface area (Å²) in [5.74, 6) is 1.00. The molecule has 0 bridgehead atoms. The molecule has 1 aliphatic rings. The van der Waals surface area contributed by atoms with Crippen molar-refractivity contribution in [2.24, 2.45) is 0 Å². The van der Waals surface area contributed by atoms with Gasteiger partial charge in [-0.25, -0.2) is 0 Å². The zero-order valence-corrected chi connectivity index (χ0v) is 15.1. The molecule has 1 aromatic carbocycles. The molecule has 0 spiro atoms. The average Bonchev–Trinajstić information content (AvgIpc) is 3.11. The fraction of sp³-hybridized carbons (Fsp3) is 0.684. The van der Waals surface area contributed by atoms with E-state index in [-0.39, 0.29) is 6.04 Å². The van der Waals surface area contributed by atoms with Crippen molar-refractivity contribution in [1.29, 1.82) is 0 Å². The first-order chi connectivity index (χ1) is 11.8. The third kappa shape index (κ3) is 6.77. The monoisotopic (exact) mass is 335 g/mol. The van der Waals surface area contributed by atoms with E-state index in [1.54, 1.807) is 0 Å². The molecular formula is C19H33N3O2. The molecule has 1 saturated carbocycles. The number of hydrogen-bond donors (Lipinski definition) is 3. The Balaban J connectivity index is 1.74. The molecule has 1 unspecified atom stereocenters. The van der Waals surface area contributed by atoms with Crippen LogP contribution in [0.15, 0.2) is 24.3 Å². The molecule has 0 amide bonds. The molecule has 0 aromatic heterocycles. The summed E-state index contributed by atoms with van der Waals surface area (Å²) in [7, 11) is 1.89. The second kappa shape index (κ2) is 11.4. The summed E-state index contributed by atoms with van der Waals surface area (Å²) >= 11 is 0. The van der Waals surface area contributed by atoms with Gasteiger partial charge >= 0.3 is 0 Å². The van der Waals surface area contributed by atoms with E-state index in [1.807, 2.05) is 7.05 Å². The van der Waals surface area contributed by atoms with E-state index in [4.69, 9.17) is 9.47 Å². The van der Waals surface area contributed by atoms with Crippen molar-refractivity contribution in [2.75, 3.05) is 26.9 Å². The minimum absolute atomic E-state index is 0.287. The third-order valence-corrected chi connectivity index (χ3v) is 4.39. The molecule has 1 fully saturated rings. The largest absolute Gasteiger partial charge is 0.490 e. The number of benzene rings is 1. The van der Waals surface area contributed by atoms with Crippen molar-refractivity contribution in [3.05, 3.63) is 29.8 Å². The lowest BCUT2D eigenvalue weighted by Crippen LogP contribution is -2.36. The van der Waals surface area contributed by atoms with Gasteiger partial charge in [0.2, 0.25) is 0 Å². The standard InChI is InChI=1S/C19H33N3O2/c1-3-19(22-21-12-7-13-23-15-20-2)16-8-6-11-18(14-16)24-17-9-4-5-10-17/h6,8,11,14,17,19-22H,3-5,7,9-10,12-13,15H2,1-2H3. The molecule has 0 heterocycles. The van der Waals surface area contributed by atoms with Gasteiger partial charge in [-0.15, -0.1) is 0 Å². The Hall–Kier alpha value is -1.14. The maximum atomic E-state index is 6.12. The van der Waals surface area contributed by atoms with Crippen LogP contribution in [0, 0.1) is 0 Å². The van der Waals surface area contributed by atoms with Crippen molar-refractivity contribution in [3.63, 3.8) is 0 Å². The Kier molecular flexibility index (Phi) is 9.13. The first-order valence-electron chi connectivity index (χ1n) is 9.30. The highest BCUT2D eigenvalue weighted by Crippen LogP contribution is 2.26. The van der Waals surface area contributed by atoms with Gasteiger partial charge in [-0.2, -0.15) is 0 Å². The Morgan fingerprint density at radius 2 is 2.08 bits per heavy atom. The van der Waals surface area contributed by atoms with Crippen molar-refractivity contribution in [3.8, 4) is 5.75 Å². The van der Waals surface area contributed by atoms with E-state index in [1.165, 1.54) is 31.2 Å². The fourth-order valence-electron chi connectivity index (χ4n) is 3.06. The predicted molar refractivity (Wildman–Crippen MR) is 98.0 cm³/mol. The van der Waals surface area contributed by atoms with Crippen molar-refractivity contribution < 1.29 is 9.47 Å². The Labute approximate surface area is 146 Å². The Bertz CT molecular complexity index is 450. The first-order valence-corrected chi connectivity index (χ1v) is 9.30. The lowest BCUT2D eigenvalue weighted by molar-refractivity contribution is 0.118. The van der Waals surface area contributed by atoms with Crippen LogP contribution in [0.2, 0.25) is 0 Å². The van der Waals surface area contributed by atoms with Crippen LogP contribution in [0.1, 0.15) is 57.1 Å². The van der Waals surface area contributed by atoms with Gasteiger partial charge in [0, 0.05) is 19.2 Å². The maximum absolute atomic E-state index is 6.12. The molecule has 0 radical (unpaired) electrons. The predicted octanol–water partition coefficient (Wildman–Crippen LogP) is 3.14. The number of nitrogens with one attached hydrogen (secondary N) is 3. The minimum atomic E-state index is 0.287.